The number of carbonyl (C=O) groups excluding carboxylic acids is 2. The molecule has 3 rings (SSSR count). The number of ether oxygens (including phenoxy) is 1. The first kappa shape index (κ1) is 19.6. The molecular weight excluding hydrogens is 368 g/mol. The molecule has 8 heteroatoms. The lowest BCUT2D eigenvalue weighted by atomic mass is 10.2. The summed E-state index contributed by atoms with van der Waals surface area (Å²) in [6.45, 7) is -0.608. The highest BCUT2D eigenvalue weighted by atomic mass is 19.3. The molecule has 6 nitrogen and oxygen atoms in total. The minimum atomic E-state index is -2.98. The van der Waals surface area contributed by atoms with Crippen LogP contribution in [0.3, 0.4) is 0 Å². The first-order valence-corrected chi connectivity index (χ1v) is 8.95. The Bertz CT molecular complexity index is 843. The average Bonchev–Trinajstić information content (AvgIpc) is 3.09. The molecule has 2 aromatic carbocycles. The van der Waals surface area contributed by atoms with Gasteiger partial charge in [0.15, 0.2) is 0 Å². The summed E-state index contributed by atoms with van der Waals surface area (Å²) < 4.78 is 29.4. The van der Waals surface area contributed by atoms with Gasteiger partial charge in [0.1, 0.15) is 11.8 Å². The average molecular weight is 389 g/mol. The molecule has 0 radical (unpaired) electrons. The lowest BCUT2D eigenvalue weighted by Gasteiger charge is -2.19. The van der Waals surface area contributed by atoms with E-state index in [0.29, 0.717) is 18.7 Å². The van der Waals surface area contributed by atoms with E-state index >= 15 is 0 Å². The number of nitrogens with one attached hydrogen (secondary N) is 2. The third-order valence-electron chi connectivity index (χ3n) is 4.39. The van der Waals surface area contributed by atoms with Gasteiger partial charge in [-0.3, -0.25) is 9.59 Å². The molecule has 0 bridgehead atoms. The smallest absolute Gasteiger partial charge is 0.387 e. The van der Waals surface area contributed by atoms with Crippen molar-refractivity contribution in [3.8, 4) is 5.75 Å². The van der Waals surface area contributed by atoms with E-state index in [1.165, 1.54) is 12.1 Å². The highest BCUT2D eigenvalue weighted by Crippen LogP contribution is 2.26. The second-order valence-electron chi connectivity index (χ2n) is 6.43. The third kappa shape index (κ3) is 4.76. The molecule has 1 fully saturated rings. The molecule has 2 N–H and O–H groups in total. The topological polar surface area (TPSA) is 70.7 Å². The zero-order valence-electron chi connectivity index (χ0n) is 15.3. The molecule has 2 aromatic rings. The quantitative estimate of drug-likeness (QED) is 0.755. The van der Waals surface area contributed by atoms with Gasteiger partial charge in [0.2, 0.25) is 11.8 Å². The van der Waals surface area contributed by atoms with Crippen LogP contribution < -0.4 is 20.3 Å². The second-order valence-corrected chi connectivity index (χ2v) is 6.43. The molecule has 0 spiro atoms. The lowest BCUT2D eigenvalue weighted by Crippen LogP contribution is -2.32. The van der Waals surface area contributed by atoms with Gasteiger partial charge >= 0.3 is 6.61 Å². The summed E-state index contributed by atoms with van der Waals surface area (Å²) >= 11 is 0. The van der Waals surface area contributed by atoms with Gasteiger partial charge in [-0.2, -0.15) is 8.78 Å². The Morgan fingerprint density at radius 1 is 1.14 bits per heavy atom. The van der Waals surface area contributed by atoms with Gasteiger partial charge in [-0.15, -0.1) is 0 Å². The van der Waals surface area contributed by atoms with E-state index < -0.39 is 18.6 Å². The van der Waals surface area contributed by atoms with Crippen LogP contribution in [0.4, 0.5) is 25.8 Å². The van der Waals surface area contributed by atoms with Crippen LogP contribution in [0.25, 0.3) is 0 Å². The van der Waals surface area contributed by atoms with E-state index in [1.54, 1.807) is 36.1 Å². The predicted octanol–water partition coefficient (Wildman–Crippen LogP) is 3.85. The number of benzene rings is 2. The van der Waals surface area contributed by atoms with Gasteiger partial charge in [-0.1, -0.05) is 12.1 Å². The number of amides is 2. The normalized spacial score (nSPS) is 14.9. The summed E-state index contributed by atoms with van der Waals surface area (Å²) in [5.74, 6) is -0.389. The van der Waals surface area contributed by atoms with E-state index in [2.05, 4.69) is 15.4 Å². The Morgan fingerprint density at radius 2 is 1.86 bits per heavy atom. The zero-order chi connectivity index (χ0) is 20.1. The van der Waals surface area contributed by atoms with Crippen LogP contribution in [-0.4, -0.2) is 31.0 Å². The summed E-state index contributed by atoms with van der Waals surface area (Å²) in [5.41, 5.74) is 1.70. The van der Waals surface area contributed by atoms with E-state index in [1.807, 2.05) is 12.1 Å². The highest BCUT2D eigenvalue weighted by Gasteiger charge is 2.21. The number of halogens is 2. The van der Waals surface area contributed by atoms with E-state index in [9.17, 15) is 18.4 Å². The summed E-state index contributed by atoms with van der Waals surface area (Å²) in [6.07, 6.45) is 1.42. The van der Waals surface area contributed by atoms with E-state index in [4.69, 9.17) is 0 Å². The van der Waals surface area contributed by atoms with Gasteiger partial charge in [0, 0.05) is 24.3 Å². The van der Waals surface area contributed by atoms with Crippen molar-refractivity contribution in [2.24, 2.45) is 0 Å². The van der Waals surface area contributed by atoms with Crippen molar-refractivity contribution in [2.45, 2.75) is 32.4 Å². The Kier molecular flexibility index (Phi) is 6.08. The fourth-order valence-corrected chi connectivity index (χ4v) is 2.98. The van der Waals surface area contributed by atoms with Gasteiger partial charge in [0.05, 0.1) is 5.69 Å². The van der Waals surface area contributed by atoms with Gasteiger partial charge < -0.3 is 20.3 Å². The molecule has 1 aliphatic heterocycles. The Hall–Kier alpha value is -3.16. The number of nitrogens with zero attached hydrogens (tertiary/aromatic N) is 1. The molecular formula is C20H21F2N3O3. The lowest BCUT2D eigenvalue weighted by molar-refractivity contribution is -0.117. The molecule has 1 heterocycles. The maximum Gasteiger partial charge on any atom is 0.387 e. The highest BCUT2D eigenvalue weighted by molar-refractivity contribution is 5.98. The van der Waals surface area contributed by atoms with Crippen molar-refractivity contribution in [3.05, 3.63) is 48.5 Å². The number of hydrogen-bond donors (Lipinski definition) is 2. The largest absolute Gasteiger partial charge is 0.433 e. The summed E-state index contributed by atoms with van der Waals surface area (Å²) in [6, 6.07) is 12.6. The molecule has 2 amide bonds. The molecule has 0 aliphatic carbocycles. The maximum atomic E-state index is 12.5. The number of anilines is 3. The molecule has 0 saturated carbocycles. The van der Waals surface area contributed by atoms with Gasteiger partial charge in [0.25, 0.3) is 0 Å². The van der Waals surface area contributed by atoms with Crippen molar-refractivity contribution in [2.75, 3.05) is 22.1 Å². The van der Waals surface area contributed by atoms with Crippen LogP contribution in [0.15, 0.2) is 48.5 Å². The first-order chi connectivity index (χ1) is 13.4. The predicted molar refractivity (Wildman–Crippen MR) is 103 cm³/mol. The second kappa shape index (κ2) is 8.69. The number of carbonyl (C=O) groups is 2. The summed E-state index contributed by atoms with van der Waals surface area (Å²) in [7, 11) is 0. The number of alkyl halides is 2. The Labute approximate surface area is 161 Å². The molecule has 1 atom stereocenters. The van der Waals surface area contributed by atoms with Gasteiger partial charge in [-0.05, 0) is 49.7 Å². The minimum Gasteiger partial charge on any atom is -0.433 e. The van der Waals surface area contributed by atoms with Crippen molar-refractivity contribution in [3.63, 3.8) is 0 Å². The SMILES string of the molecule is CC(Nc1ccc(N2CCCC2=O)cc1)C(=O)Nc1ccccc1OC(F)F. The van der Waals surface area contributed by atoms with Crippen molar-refractivity contribution in [1.29, 1.82) is 0 Å². The molecule has 1 saturated heterocycles. The van der Waals surface area contributed by atoms with Crippen LogP contribution in [0.1, 0.15) is 19.8 Å². The van der Waals surface area contributed by atoms with Gasteiger partial charge in [-0.25, -0.2) is 0 Å². The zero-order valence-corrected chi connectivity index (χ0v) is 15.3. The van der Waals surface area contributed by atoms with E-state index in [-0.39, 0.29) is 17.3 Å². The monoisotopic (exact) mass is 389 g/mol. The molecule has 1 aliphatic rings. The maximum absolute atomic E-state index is 12.5. The van der Waals surface area contributed by atoms with Crippen LogP contribution in [0.5, 0.6) is 5.75 Å². The van der Waals surface area contributed by atoms with Crippen molar-refractivity contribution < 1.29 is 23.1 Å². The van der Waals surface area contributed by atoms with Crippen molar-refractivity contribution >= 4 is 28.9 Å². The molecule has 28 heavy (non-hydrogen) atoms. The molecule has 1 unspecified atom stereocenters. The van der Waals surface area contributed by atoms with Crippen LogP contribution in [0, 0.1) is 0 Å². The molecule has 148 valence electrons. The van der Waals surface area contributed by atoms with Crippen LogP contribution >= 0.6 is 0 Å². The van der Waals surface area contributed by atoms with Crippen LogP contribution in [-0.2, 0) is 9.59 Å². The van der Waals surface area contributed by atoms with Crippen molar-refractivity contribution in [1.82, 2.24) is 0 Å². The molecule has 0 aromatic heterocycles. The Morgan fingerprint density at radius 3 is 2.50 bits per heavy atom. The van der Waals surface area contributed by atoms with E-state index in [0.717, 1.165) is 12.1 Å². The first-order valence-electron chi connectivity index (χ1n) is 8.95. The minimum absolute atomic E-state index is 0.0994. The van der Waals surface area contributed by atoms with Crippen LogP contribution in [0.2, 0.25) is 0 Å². The standard InChI is InChI=1S/C20H21F2N3O3/c1-13(19(27)24-16-5-2-3-6-17(16)28-20(21)22)23-14-8-10-15(11-9-14)25-12-4-7-18(25)26/h2-3,5-6,8-11,13,20,23H,4,7,12H2,1H3,(H,24,27). The summed E-state index contributed by atoms with van der Waals surface area (Å²) in [4.78, 5) is 25.9. The number of rotatable bonds is 7. The number of para-hydroxylation sites is 2. The Balaban J connectivity index is 1.61. The fraction of sp³-hybridized carbons (Fsp3) is 0.300. The summed E-state index contributed by atoms with van der Waals surface area (Å²) in [5, 5.41) is 5.63. The fourth-order valence-electron chi connectivity index (χ4n) is 2.98. The third-order valence-corrected chi connectivity index (χ3v) is 4.39. The number of hydrogen-bond acceptors (Lipinski definition) is 4.